The van der Waals surface area contributed by atoms with Crippen LogP contribution < -0.4 is 0 Å². The highest BCUT2D eigenvalue weighted by molar-refractivity contribution is 5.93. The maximum atomic E-state index is 14.3. The Morgan fingerprint density at radius 2 is 0.471 bits per heavy atom. The van der Waals surface area contributed by atoms with E-state index in [9.17, 15) is 28.8 Å². The van der Waals surface area contributed by atoms with Crippen molar-refractivity contribution < 1.29 is 76.1 Å². The highest BCUT2D eigenvalue weighted by Crippen LogP contribution is 2.39. The van der Waals surface area contributed by atoms with Gasteiger partial charge in [-0.2, -0.15) is 0 Å². The van der Waals surface area contributed by atoms with Gasteiger partial charge >= 0.3 is 35.8 Å². The lowest BCUT2D eigenvalue weighted by Gasteiger charge is -2.51. The van der Waals surface area contributed by atoms with Crippen molar-refractivity contribution in [1.29, 1.82) is 0 Å². The van der Waals surface area contributed by atoms with Gasteiger partial charge in [0, 0.05) is 14.2 Å². The number of rotatable bonds is 15. The van der Waals surface area contributed by atoms with Crippen LogP contribution >= 0.6 is 0 Å². The summed E-state index contributed by atoms with van der Waals surface area (Å²) >= 11 is 0. The van der Waals surface area contributed by atoms with Gasteiger partial charge in [0.05, 0.1) is 33.4 Å². The summed E-state index contributed by atoms with van der Waals surface area (Å²) in [4.78, 5) is 85.0. The molecule has 0 radical (unpaired) electrons. The van der Waals surface area contributed by atoms with Gasteiger partial charge in [0.25, 0.3) is 0 Å². The first kappa shape index (κ1) is 48.4. The Morgan fingerprint density at radius 1 is 0.286 bits per heavy atom. The first-order valence-corrected chi connectivity index (χ1v) is 22.1. The minimum Gasteiger partial charge on any atom is -0.452 e. The van der Waals surface area contributed by atoms with Crippen LogP contribution in [0.25, 0.3) is 0 Å². The topological polar surface area (TPSA) is 195 Å². The van der Waals surface area contributed by atoms with Gasteiger partial charge in [-0.05, 0) is 72.8 Å². The summed E-state index contributed by atoms with van der Waals surface area (Å²) in [5, 5.41) is 0. The molecule has 2 aliphatic rings. The monoisotopic (exact) mass is 950 g/mol. The molecule has 358 valence electrons. The lowest BCUT2D eigenvalue weighted by atomic mass is 9.87. The molecule has 0 bridgehead atoms. The van der Waals surface area contributed by atoms with Crippen molar-refractivity contribution in [1.82, 2.24) is 0 Å². The van der Waals surface area contributed by atoms with Gasteiger partial charge in [-0.3, -0.25) is 0 Å². The van der Waals surface area contributed by atoms with Crippen molar-refractivity contribution in [2.45, 2.75) is 61.4 Å². The third-order valence-electron chi connectivity index (χ3n) is 11.4. The quantitative estimate of drug-likeness (QED) is 0.0748. The summed E-state index contributed by atoms with van der Waals surface area (Å²) in [5.74, 6) is -5.55. The molecule has 16 nitrogen and oxygen atoms in total. The van der Waals surface area contributed by atoms with E-state index in [-0.39, 0.29) is 33.4 Å². The molecule has 2 heterocycles. The zero-order valence-electron chi connectivity index (χ0n) is 37.6. The number of carbonyl (C=O) groups excluding carboxylic acids is 6. The maximum Gasteiger partial charge on any atom is 0.338 e. The Labute approximate surface area is 401 Å². The molecule has 16 heteroatoms. The van der Waals surface area contributed by atoms with Crippen LogP contribution in [0.15, 0.2) is 182 Å². The van der Waals surface area contributed by atoms with Crippen LogP contribution in [0.4, 0.5) is 0 Å². The molecule has 0 N–H and O–H groups in total. The molecule has 0 unspecified atom stereocenters. The third kappa shape index (κ3) is 11.3. The zero-order chi connectivity index (χ0) is 49.0. The van der Waals surface area contributed by atoms with Gasteiger partial charge < -0.3 is 47.4 Å². The smallest absolute Gasteiger partial charge is 0.338 e. The molecule has 2 aliphatic heterocycles. The first-order chi connectivity index (χ1) is 34.1. The number of esters is 6. The number of hydrogen-bond donors (Lipinski definition) is 0. The van der Waals surface area contributed by atoms with Crippen molar-refractivity contribution in [3.63, 3.8) is 0 Å². The predicted molar refractivity (Wildman–Crippen MR) is 245 cm³/mol. The van der Waals surface area contributed by atoms with E-state index in [4.69, 9.17) is 47.4 Å². The van der Waals surface area contributed by atoms with Crippen LogP contribution in [0.5, 0.6) is 0 Å². The molecule has 8 rings (SSSR count). The van der Waals surface area contributed by atoms with E-state index in [2.05, 4.69) is 0 Å². The van der Waals surface area contributed by atoms with E-state index in [1.54, 1.807) is 109 Å². The van der Waals surface area contributed by atoms with Crippen molar-refractivity contribution in [3.8, 4) is 0 Å². The summed E-state index contributed by atoms with van der Waals surface area (Å²) < 4.78 is 62.2. The molecule has 2 fully saturated rings. The standard InChI is InChI=1S/C54H46O16/c1-61-53-45(67-51(59)37-29-17-7-18-30-37)43(65-49(57)35-25-13-5-14-26-35)39(63-47(55)33-21-9-3-10-22-33)41(69-53)42-40(64-48(56)34-23-11-4-12-24-34)44(66-50(58)36-27-15-6-16-28-36)46(54(62-2)70-42)68-52(60)38-31-19-8-20-32-38/h3-32,39-46,53-54H,1-2H3/t39-,40-,41-,42+,43-,44-,45+,46+,53+,54+/m0/s1. The molecule has 0 aliphatic carbocycles. The van der Waals surface area contributed by atoms with Crippen LogP contribution in [0.2, 0.25) is 0 Å². The number of hydrogen-bond acceptors (Lipinski definition) is 16. The summed E-state index contributed by atoms with van der Waals surface area (Å²) in [7, 11) is 2.46. The van der Waals surface area contributed by atoms with Crippen LogP contribution in [0.3, 0.4) is 0 Å². The largest absolute Gasteiger partial charge is 0.452 e. The van der Waals surface area contributed by atoms with Crippen molar-refractivity contribution in [3.05, 3.63) is 215 Å². The first-order valence-electron chi connectivity index (χ1n) is 22.1. The summed E-state index contributed by atoms with van der Waals surface area (Å²) in [5.41, 5.74) is 0.455. The highest BCUT2D eigenvalue weighted by Gasteiger charge is 2.62. The van der Waals surface area contributed by atoms with Gasteiger partial charge in [0.1, 0.15) is 12.2 Å². The van der Waals surface area contributed by atoms with Crippen molar-refractivity contribution in [2.24, 2.45) is 0 Å². The molecule has 6 aromatic rings. The maximum absolute atomic E-state index is 14.3. The second kappa shape index (κ2) is 22.9. The van der Waals surface area contributed by atoms with Crippen LogP contribution in [0, 0.1) is 0 Å². The Hall–Kier alpha value is -8.02. The lowest BCUT2D eigenvalue weighted by molar-refractivity contribution is -0.349. The molecule has 70 heavy (non-hydrogen) atoms. The fourth-order valence-corrected chi connectivity index (χ4v) is 7.96. The van der Waals surface area contributed by atoms with Gasteiger partial charge in [0.2, 0.25) is 0 Å². The number of methoxy groups -OCH3 is 2. The lowest BCUT2D eigenvalue weighted by Crippen LogP contribution is -2.71. The molecule has 0 aromatic heterocycles. The fraction of sp³-hybridized carbons (Fsp3) is 0.222. The third-order valence-corrected chi connectivity index (χ3v) is 11.4. The number of carbonyl (C=O) groups is 6. The van der Waals surface area contributed by atoms with E-state index in [0.29, 0.717) is 0 Å². The minimum atomic E-state index is -1.84. The molecular weight excluding hydrogens is 905 g/mol. The summed E-state index contributed by atoms with van der Waals surface area (Å²) in [6, 6.07) is 47.2. The summed E-state index contributed by atoms with van der Waals surface area (Å²) in [6.07, 6.45) is -17.4. The second-order valence-corrected chi connectivity index (χ2v) is 15.8. The average molecular weight is 951 g/mol. The molecule has 6 aromatic carbocycles. The Kier molecular flexibility index (Phi) is 15.8. The van der Waals surface area contributed by atoms with Gasteiger partial charge in [-0.25, -0.2) is 28.8 Å². The van der Waals surface area contributed by atoms with Crippen LogP contribution in [-0.4, -0.2) is 111 Å². The van der Waals surface area contributed by atoms with E-state index < -0.39 is 97.2 Å². The SMILES string of the molecule is CO[C@@H]1O[C@H]([C@@H]2O[C@@H](OC)[C@H](OC(=O)c3ccccc3)[C@@H](OC(=O)c3ccccc3)[C@H]2OC(=O)c2ccccc2)[C@H](OC(=O)c2ccccc2)[C@H](OC(=O)c2ccccc2)[C@H]1OC(=O)c1ccccc1. The van der Waals surface area contributed by atoms with E-state index in [0.717, 1.165) is 0 Å². The molecular formula is C54H46O16. The molecule has 0 amide bonds. The second-order valence-electron chi connectivity index (χ2n) is 15.8. The van der Waals surface area contributed by atoms with Crippen molar-refractivity contribution >= 4 is 35.8 Å². The van der Waals surface area contributed by atoms with Crippen LogP contribution in [-0.2, 0) is 47.4 Å². The Balaban J connectivity index is 1.29. The summed E-state index contributed by atoms with van der Waals surface area (Å²) in [6.45, 7) is 0. The van der Waals surface area contributed by atoms with Gasteiger partial charge in [-0.1, -0.05) is 109 Å². The Morgan fingerprint density at radius 3 is 0.671 bits per heavy atom. The fourth-order valence-electron chi connectivity index (χ4n) is 7.96. The predicted octanol–water partition coefficient (Wildman–Crippen LogP) is 7.08. The molecule has 0 saturated carbocycles. The van der Waals surface area contributed by atoms with E-state index >= 15 is 0 Å². The normalized spacial score (nSPS) is 23.9. The van der Waals surface area contributed by atoms with Crippen LogP contribution in [0.1, 0.15) is 62.1 Å². The number of benzene rings is 6. The number of ether oxygens (including phenoxy) is 10. The Bertz CT molecular complexity index is 2520. The zero-order valence-corrected chi connectivity index (χ0v) is 37.6. The van der Waals surface area contributed by atoms with E-state index in [1.165, 1.54) is 87.0 Å². The molecule has 0 spiro atoms. The molecule has 10 atom stereocenters. The van der Waals surface area contributed by atoms with Gasteiger partial charge in [-0.15, -0.1) is 0 Å². The molecule has 2 saturated heterocycles. The van der Waals surface area contributed by atoms with Gasteiger partial charge in [0.15, 0.2) is 49.2 Å². The average Bonchev–Trinajstić information content (AvgIpc) is 3.41. The minimum absolute atomic E-state index is 0.0509. The highest BCUT2D eigenvalue weighted by atomic mass is 16.8. The van der Waals surface area contributed by atoms with E-state index in [1.807, 2.05) is 0 Å². The van der Waals surface area contributed by atoms with Crippen molar-refractivity contribution in [2.75, 3.05) is 14.2 Å².